The number of hydrogen-bond acceptors (Lipinski definition) is 4. The number of rotatable bonds is 6. The van der Waals surface area contributed by atoms with Gasteiger partial charge in [-0.05, 0) is 42.7 Å². The molecular weight excluding hydrogens is 368 g/mol. The number of nitrogens with one attached hydrogen (secondary N) is 2. The number of quaternary nitrogens is 1. The summed E-state index contributed by atoms with van der Waals surface area (Å²) in [5.41, 5.74) is 4.07. The summed E-state index contributed by atoms with van der Waals surface area (Å²) in [4.78, 5) is 24.7. The highest BCUT2D eigenvalue weighted by atomic mass is 16.4. The molecule has 0 radical (unpaired) electrons. The molecule has 1 amide bonds. The van der Waals surface area contributed by atoms with Crippen LogP contribution in [-0.2, 0) is 19.5 Å². The average Bonchev–Trinajstić information content (AvgIpc) is 2.70. The van der Waals surface area contributed by atoms with Gasteiger partial charge in [-0.1, -0.05) is 19.1 Å². The van der Waals surface area contributed by atoms with E-state index in [1.54, 1.807) is 19.2 Å². The first kappa shape index (κ1) is 20.6. The summed E-state index contributed by atoms with van der Waals surface area (Å²) >= 11 is 0. The van der Waals surface area contributed by atoms with Gasteiger partial charge in [-0.2, -0.15) is 0 Å². The van der Waals surface area contributed by atoms with Crippen molar-refractivity contribution in [3.63, 3.8) is 0 Å². The Balaban J connectivity index is 1.91. The highest BCUT2D eigenvalue weighted by molar-refractivity contribution is 5.93. The average molecular weight is 395 g/mol. The summed E-state index contributed by atoms with van der Waals surface area (Å²) in [6.07, 6.45) is 0.688. The number of benzene rings is 2. The quantitative estimate of drug-likeness (QED) is 0.557. The lowest BCUT2D eigenvalue weighted by atomic mass is 9.99. The van der Waals surface area contributed by atoms with Crippen molar-refractivity contribution in [2.75, 3.05) is 14.1 Å². The van der Waals surface area contributed by atoms with Gasteiger partial charge in [0.1, 0.15) is 18.8 Å². The molecule has 0 saturated carbocycles. The number of carbonyl (C=O) groups excluding carboxylic acids is 1. The van der Waals surface area contributed by atoms with Crippen molar-refractivity contribution in [2.45, 2.75) is 33.4 Å². The monoisotopic (exact) mass is 395 g/mol. The van der Waals surface area contributed by atoms with Crippen LogP contribution >= 0.6 is 0 Å². The molecule has 0 saturated heterocycles. The second-order valence-corrected chi connectivity index (χ2v) is 7.43. The van der Waals surface area contributed by atoms with Crippen molar-refractivity contribution in [1.82, 2.24) is 5.32 Å². The standard InChI is InChI=1S/C23H26N2O4/c1-5-16-11-18-14(2)10-20(26)29-22(18)19(21(16)27)13-25(4)12-15-6-8-17(9-7-15)23(28)24-3/h6-11,27H,5,12-13H2,1-4H3,(H,24,28)/p+1. The van der Waals surface area contributed by atoms with E-state index in [0.717, 1.165) is 27.0 Å². The molecule has 1 atom stereocenters. The number of phenolic OH excluding ortho intramolecular Hbond substituents is 1. The normalized spacial score (nSPS) is 12.1. The van der Waals surface area contributed by atoms with Gasteiger partial charge in [-0.15, -0.1) is 0 Å². The van der Waals surface area contributed by atoms with E-state index in [4.69, 9.17) is 4.42 Å². The highest BCUT2D eigenvalue weighted by Gasteiger charge is 2.19. The molecule has 0 fully saturated rings. The fraction of sp³-hybridized carbons (Fsp3) is 0.304. The molecule has 3 aromatic rings. The lowest BCUT2D eigenvalue weighted by molar-refractivity contribution is -0.907. The molecule has 29 heavy (non-hydrogen) atoms. The third-order valence-corrected chi connectivity index (χ3v) is 5.20. The van der Waals surface area contributed by atoms with E-state index in [9.17, 15) is 14.7 Å². The van der Waals surface area contributed by atoms with Crippen LogP contribution in [-0.4, -0.2) is 25.1 Å². The van der Waals surface area contributed by atoms with Crippen LogP contribution in [0.3, 0.4) is 0 Å². The SMILES string of the molecule is CCc1cc2c(C)cc(=O)oc2c(C[NH+](C)Cc2ccc(C(=O)NC)cc2)c1O. The first-order chi connectivity index (χ1) is 13.8. The number of aryl methyl sites for hydroxylation is 2. The van der Waals surface area contributed by atoms with Gasteiger partial charge in [-0.3, -0.25) is 4.79 Å². The number of aromatic hydroxyl groups is 1. The summed E-state index contributed by atoms with van der Waals surface area (Å²) in [6.45, 7) is 5.06. The van der Waals surface area contributed by atoms with Gasteiger partial charge in [0.05, 0.1) is 12.6 Å². The maximum absolute atomic E-state index is 11.9. The number of hydrogen-bond donors (Lipinski definition) is 3. The summed E-state index contributed by atoms with van der Waals surface area (Å²) in [5, 5.41) is 14.3. The van der Waals surface area contributed by atoms with Gasteiger partial charge in [0.15, 0.2) is 5.58 Å². The maximum atomic E-state index is 11.9. The highest BCUT2D eigenvalue weighted by Crippen LogP contribution is 2.32. The van der Waals surface area contributed by atoms with Crippen molar-refractivity contribution in [3.8, 4) is 5.75 Å². The van der Waals surface area contributed by atoms with E-state index >= 15 is 0 Å². The molecule has 0 spiro atoms. The fourth-order valence-corrected chi connectivity index (χ4v) is 3.63. The number of fused-ring (bicyclic) bond motifs is 1. The predicted molar refractivity (Wildman–Crippen MR) is 112 cm³/mol. The number of phenols is 1. The Bertz CT molecular complexity index is 1100. The zero-order valence-corrected chi connectivity index (χ0v) is 17.3. The molecule has 0 aliphatic carbocycles. The lowest BCUT2D eigenvalue weighted by Gasteiger charge is -2.18. The second kappa shape index (κ2) is 8.49. The van der Waals surface area contributed by atoms with Crippen molar-refractivity contribution in [1.29, 1.82) is 0 Å². The van der Waals surface area contributed by atoms with Gasteiger partial charge >= 0.3 is 5.63 Å². The van der Waals surface area contributed by atoms with Gasteiger partial charge in [0.25, 0.3) is 5.91 Å². The maximum Gasteiger partial charge on any atom is 0.336 e. The minimum absolute atomic E-state index is 0.115. The van der Waals surface area contributed by atoms with Crippen LogP contribution in [0.4, 0.5) is 0 Å². The Morgan fingerprint density at radius 2 is 1.86 bits per heavy atom. The number of amides is 1. The van der Waals surface area contributed by atoms with Crippen molar-refractivity contribution < 1.29 is 19.2 Å². The molecule has 0 aliphatic heterocycles. The molecule has 0 aliphatic rings. The molecular formula is C23H27N2O4+. The van der Waals surface area contributed by atoms with Crippen LogP contribution in [0, 0.1) is 6.92 Å². The minimum Gasteiger partial charge on any atom is -0.507 e. The molecule has 1 unspecified atom stereocenters. The minimum atomic E-state index is -0.414. The van der Waals surface area contributed by atoms with Crippen LogP contribution in [0.2, 0.25) is 0 Å². The Labute approximate surface area is 169 Å². The first-order valence-corrected chi connectivity index (χ1v) is 9.74. The fourth-order valence-electron chi connectivity index (χ4n) is 3.63. The molecule has 1 heterocycles. The Morgan fingerprint density at radius 1 is 1.17 bits per heavy atom. The molecule has 1 aromatic heterocycles. The Kier molecular flexibility index (Phi) is 6.03. The van der Waals surface area contributed by atoms with Crippen LogP contribution in [0.25, 0.3) is 11.0 Å². The second-order valence-electron chi connectivity index (χ2n) is 7.43. The zero-order chi connectivity index (χ0) is 21.1. The molecule has 6 nitrogen and oxygen atoms in total. The third-order valence-electron chi connectivity index (χ3n) is 5.20. The Hall–Kier alpha value is -3.12. The van der Waals surface area contributed by atoms with Gasteiger partial charge in [0.2, 0.25) is 0 Å². The first-order valence-electron chi connectivity index (χ1n) is 9.74. The van der Waals surface area contributed by atoms with Gasteiger partial charge in [0, 0.05) is 29.6 Å². The third kappa shape index (κ3) is 4.32. The van der Waals surface area contributed by atoms with Gasteiger partial charge in [-0.25, -0.2) is 4.79 Å². The van der Waals surface area contributed by atoms with E-state index in [2.05, 4.69) is 5.32 Å². The van der Waals surface area contributed by atoms with Crippen LogP contribution in [0.5, 0.6) is 5.75 Å². The van der Waals surface area contributed by atoms with Crippen molar-refractivity contribution in [2.24, 2.45) is 0 Å². The molecule has 3 N–H and O–H groups in total. The van der Waals surface area contributed by atoms with Crippen molar-refractivity contribution >= 4 is 16.9 Å². The van der Waals surface area contributed by atoms with E-state index in [-0.39, 0.29) is 11.7 Å². The summed E-state index contributed by atoms with van der Waals surface area (Å²) in [7, 11) is 3.62. The molecule has 2 aromatic carbocycles. The smallest absolute Gasteiger partial charge is 0.336 e. The summed E-state index contributed by atoms with van der Waals surface area (Å²) in [6, 6.07) is 10.8. The predicted octanol–water partition coefficient (Wildman–Crippen LogP) is 1.94. The van der Waals surface area contributed by atoms with E-state index in [1.165, 1.54) is 6.07 Å². The Morgan fingerprint density at radius 3 is 2.48 bits per heavy atom. The van der Waals surface area contributed by atoms with E-state index in [0.29, 0.717) is 36.2 Å². The van der Waals surface area contributed by atoms with Crippen LogP contribution in [0.1, 0.15) is 39.5 Å². The van der Waals surface area contributed by atoms with Crippen LogP contribution < -0.4 is 15.8 Å². The zero-order valence-electron chi connectivity index (χ0n) is 17.3. The molecule has 0 bridgehead atoms. The van der Waals surface area contributed by atoms with Crippen LogP contribution in [0.15, 0.2) is 45.6 Å². The molecule has 6 heteroatoms. The summed E-state index contributed by atoms with van der Waals surface area (Å²) < 4.78 is 5.49. The molecule has 3 rings (SSSR count). The topological polar surface area (TPSA) is 84.0 Å². The van der Waals surface area contributed by atoms with Gasteiger partial charge < -0.3 is 19.7 Å². The number of carbonyl (C=O) groups is 1. The largest absolute Gasteiger partial charge is 0.507 e. The van der Waals surface area contributed by atoms with E-state index < -0.39 is 5.63 Å². The summed E-state index contributed by atoms with van der Waals surface area (Å²) in [5.74, 6) is 0.0819. The molecule has 152 valence electrons. The lowest BCUT2D eigenvalue weighted by Crippen LogP contribution is -3.06. The van der Waals surface area contributed by atoms with E-state index in [1.807, 2.05) is 39.1 Å². The van der Waals surface area contributed by atoms with Crippen molar-refractivity contribution in [3.05, 3.63) is 74.6 Å².